The predicted octanol–water partition coefficient (Wildman–Crippen LogP) is 6.23. The summed E-state index contributed by atoms with van der Waals surface area (Å²) in [6.45, 7) is 0. The lowest BCUT2D eigenvalue weighted by Crippen LogP contribution is -2.37. The van der Waals surface area contributed by atoms with Crippen molar-refractivity contribution < 1.29 is 4.39 Å². The summed E-state index contributed by atoms with van der Waals surface area (Å²) in [5.74, 6) is -0.336. The number of nitriles is 2. The maximum Gasteiger partial charge on any atom is 0.148 e. The summed E-state index contributed by atoms with van der Waals surface area (Å²) in [7, 11) is 1.97. The van der Waals surface area contributed by atoms with Crippen molar-refractivity contribution in [2.45, 2.75) is 43.2 Å². The van der Waals surface area contributed by atoms with Crippen LogP contribution in [-0.2, 0) is 5.44 Å². The summed E-state index contributed by atoms with van der Waals surface area (Å²) in [6, 6.07) is 24.4. The van der Waals surface area contributed by atoms with Gasteiger partial charge in [-0.2, -0.15) is 10.5 Å². The zero-order valence-corrected chi connectivity index (χ0v) is 24.2. The maximum absolute atomic E-state index is 13.9. The molecule has 0 radical (unpaired) electrons. The van der Waals surface area contributed by atoms with Crippen LogP contribution in [0.1, 0.15) is 60.2 Å². The monoisotopic (exact) mass is 588 g/mol. The minimum Gasteiger partial charge on any atom is -0.378 e. The van der Waals surface area contributed by atoms with Crippen LogP contribution in [-0.4, -0.2) is 27.8 Å². The van der Waals surface area contributed by atoms with E-state index < -0.39 is 5.44 Å². The topological polar surface area (TPSA) is 115 Å². The van der Waals surface area contributed by atoms with Gasteiger partial charge in [0.25, 0.3) is 0 Å². The van der Waals surface area contributed by atoms with Gasteiger partial charge in [0.15, 0.2) is 0 Å². The van der Waals surface area contributed by atoms with Crippen LogP contribution in [0.4, 0.5) is 15.8 Å². The van der Waals surface area contributed by atoms with Crippen LogP contribution < -0.4 is 10.6 Å². The number of halogens is 2. The van der Waals surface area contributed by atoms with Crippen molar-refractivity contribution in [2.24, 2.45) is 0 Å². The molecule has 1 fully saturated rings. The molecule has 0 amide bonds. The highest BCUT2D eigenvalue weighted by molar-refractivity contribution is 6.36. The lowest BCUT2D eigenvalue weighted by Gasteiger charge is -2.31. The number of hydrogen-bond donors (Lipinski definition) is 2. The largest absolute Gasteiger partial charge is 0.378 e. The molecule has 1 aliphatic rings. The van der Waals surface area contributed by atoms with E-state index in [9.17, 15) is 14.9 Å². The fourth-order valence-corrected chi connectivity index (χ4v) is 5.61. The standard InChI is InChI=1S/C32H27BClFN8/c33-32(22-8-10-23(35)11-9-22,29-19-43(42-41-29)25-12-13-25)40-24-15-26-30(21(17-37)18-38-31(26)27(34)16-24)39-28(7-4-14-36)20-5-2-1-3-6-20/h1-3,5-6,8-11,15-16,18-19,25,28,40H,4,7,12-13,33H2,(H,38,39)/t28-,32?/m0/s1. The molecule has 1 aliphatic carbocycles. The lowest BCUT2D eigenvalue weighted by atomic mass is 9.69. The second-order valence-corrected chi connectivity index (χ2v) is 11.3. The maximum atomic E-state index is 13.9. The van der Waals surface area contributed by atoms with Gasteiger partial charge in [0.1, 0.15) is 25.4 Å². The van der Waals surface area contributed by atoms with Crippen LogP contribution in [0.25, 0.3) is 10.9 Å². The molecule has 3 aromatic carbocycles. The molecular formula is C32H27BClFN8. The molecule has 212 valence electrons. The Morgan fingerprint density at radius 1 is 1.12 bits per heavy atom. The van der Waals surface area contributed by atoms with Gasteiger partial charge in [-0.1, -0.05) is 59.3 Å². The van der Waals surface area contributed by atoms with E-state index in [4.69, 9.17) is 11.6 Å². The molecule has 2 atom stereocenters. The zero-order chi connectivity index (χ0) is 30.0. The fourth-order valence-electron chi connectivity index (χ4n) is 5.34. The van der Waals surface area contributed by atoms with E-state index in [-0.39, 0.29) is 11.9 Å². The van der Waals surface area contributed by atoms with Crippen LogP contribution in [0, 0.1) is 28.5 Å². The molecule has 0 saturated heterocycles. The summed E-state index contributed by atoms with van der Waals surface area (Å²) < 4.78 is 15.8. The number of nitrogens with zero attached hydrogens (tertiary/aromatic N) is 6. The number of rotatable bonds is 10. The number of aromatic nitrogens is 4. The quantitative estimate of drug-likeness (QED) is 0.186. The Morgan fingerprint density at radius 2 is 1.88 bits per heavy atom. The van der Waals surface area contributed by atoms with E-state index in [0.29, 0.717) is 57.4 Å². The first-order valence-corrected chi connectivity index (χ1v) is 14.4. The van der Waals surface area contributed by atoms with Crippen molar-refractivity contribution in [1.29, 1.82) is 10.5 Å². The average molecular weight is 589 g/mol. The highest BCUT2D eigenvalue weighted by atomic mass is 35.5. The zero-order valence-electron chi connectivity index (χ0n) is 23.4. The molecule has 11 heteroatoms. The van der Waals surface area contributed by atoms with Crippen LogP contribution in [0.2, 0.25) is 5.02 Å². The molecular weight excluding hydrogens is 562 g/mol. The molecule has 43 heavy (non-hydrogen) atoms. The number of benzene rings is 3. The van der Waals surface area contributed by atoms with Crippen LogP contribution in [0.15, 0.2) is 79.1 Å². The summed E-state index contributed by atoms with van der Waals surface area (Å²) in [4.78, 5) is 4.51. The molecule has 2 N–H and O–H groups in total. The molecule has 2 heterocycles. The Bertz CT molecular complexity index is 1860. The van der Waals surface area contributed by atoms with Crippen molar-refractivity contribution in [3.8, 4) is 12.1 Å². The first-order valence-electron chi connectivity index (χ1n) is 14.1. The summed E-state index contributed by atoms with van der Waals surface area (Å²) in [5, 5.41) is 36.4. The molecule has 6 rings (SSSR count). The van der Waals surface area contributed by atoms with E-state index in [0.717, 1.165) is 24.0 Å². The SMILES string of the molecule is BC(Nc1cc(Cl)c2ncc(C#N)c(N[C@@H](CCC#N)c3ccccc3)c2c1)(c1ccc(F)cc1)c1cn(C2CC2)nn1. The highest BCUT2D eigenvalue weighted by Gasteiger charge is 2.34. The molecule has 0 aliphatic heterocycles. The number of anilines is 2. The smallest absolute Gasteiger partial charge is 0.148 e. The first-order chi connectivity index (χ1) is 20.9. The number of hydrogen-bond acceptors (Lipinski definition) is 7. The van der Waals surface area contributed by atoms with Gasteiger partial charge in [0.2, 0.25) is 0 Å². The minimum absolute atomic E-state index is 0.226. The van der Waals surface area contributed by atoms with E-state index in [1.807, 2.05) is 55.1 Å². The van der Waals surface area contributed by atoms with Crippen LogP contribution in [0.3, 0.4) is 0 Å². The second kappa shape index (κ2) is 11.8. The minimum atomic E-state index is -0.898. The van der Waals surface area contributed by atoms with E-state index in [1.165, 1.54) is 18.3 Å². The normalized spacial score (nSPS) is 14.8. The Morgan fingerprint density at radius 3 is 2.58 bits per heavy atom. The average Bonchev–Trinajstić information content (AvgIpc) is 3.75. The van der Waals surface area contributed by atoms with Crippen molar-refractivity contribution in [3.05, 3.63) is 112 Å². The molecule has 1 saturated carbocycles. The van der Waals surface area contributed by atoms with Gasteiger partial charge in [0.05, 0.1) is 51.6 Å². The van der Waals surface area contributed by atoms with Gasteiger partial charge in [-0.3, -0.25) is 4.98 Å². The van der Waals surface area contributed by atoms with Crippen LogP contribution in [0.5, 0.6) is 0 Å². The summed E-state index contributed by atoms with van der Waals surface area (Å²) >= 11 is 6.82. The molecule has 0 bridgehead atoms. The third-order valence-corrected chi connectivity index (χ3v) is 8.16. The second-order valence-electron chi connectivity index (χ2n) is 10.9. The van der Waals surface area contributed by atoms with Crippen molar-refractivity contribution >= 4 is 41.7 Å². The van der Waals surface area contributed by atoms with Gasteiger partial charge < -0.3 is 10.6 Å². The Kier molecular flexibility index (Phi) is 7.71. The van der Waals surface area contributed by atoms with Crippen molar-refractivity contribution in [2.75, 3.05) is 10.6 Å². The first kappa shape index (κ1) is 28.2. The highest BCUT2D eigenvalue weighted by Crippen LogP contribution is 2.39. The molecule has 1 unspecified atom stereocenters. The van der Waals surface area contributed by atoms with Gasteiger partial charge in [-0.05, 0) is 54.7 Å². The number of nitrogens with one attached hydrogen (secondary N) is 2. The van der Waals surface area contributed by atoms with Crippen molar-refractivity contribution in [1.82, 2.24) is 20.0 Å². The van der Waals surface area contributed by atoms with Gasteiger partial charge >= 0.3 is 0 Å². The van der Waals surface area contributed by atoms with Gasteiger partial charge in [0, 0.05) is 23.7 Å². The Hall–Kier alpha value is -4.93. The van der Waals surface area contributed by atoms with Gasteiger partial charge in [-0.15, -0.1) is 5.10 Å². The Labute approximate surface area is 254 Å². The summed E-state index contributed by atoms with van der Waals surface area (Å²) in [6.07, 6.45) is 6.44. The lowest BCUT2D eigenvalue weighted by molar-refractivity contribution is 0.610. The molecule has 8 nitrogen and oxygen atoms in total. The Balaban J connectivity index is 1.45. The molecule has 2 aromatic heterocycles. The predicted molar refractivity (Wildman–Crippen MR) is 167 cm³/mol. The third-order valence-electron chi connectivity index (χ3n) is 7.87. The van der Waals surface area contributed by atoms with Crippen LogP contribution >= 0.6 is 11.6 Å². The summed E-state index contributed by atoms with van der Waals surface area (Å²) in [5.41, 5.74) is 3.67. The van der Waals surface area contributed by atoms with E-state index in [2.05, 4.69) is 38.1 Å². The number of fused-ring (bicyclic) bond motifs is 1. The van der Waals surface area contributed by atoms with E-state index in [1.54, 1.807) is 18.2 Å². The fraction of sp³-hybridized carbons (Fsp3) is 0.219. The number of pyridine rings is 1. The molecule has 0 spiro atoms. The third kappa shape index (κ3) is 5.75. The van der Waals surface area contributed by atoms with E-state index >= 15 is 0 Å². The van der Waals surface area contributed by atoms with Crippen molar-refractivity contribution in [3.63, 3.8) is 0 Å². The van der Waals surface area contributed by atoms with Gasteiger partial charge in [-0.25, -0.2) is 9.07 Å². The molecule has 5 aromatic rings.